The lowest BCUT2D eigenvalue weighted by atomic mass is 9.99. The predicted molar refractivity (Wildman–Crippen MR) is 122 cm³/mol. The maximum Gasteiger partial charge on any atom is 0.294 e. The lowest BCUT2D eigenvalue weighted by Gasteiger charge is -2.31. The second kappa shape index (κ2) is 9.36. The van der Waals surface area contributed by atoms with Crippen LogP contribution in [-0.4, -0.2) is 46.5 Å². The van der Waals surface area contributed by atoms with Crippen molar-refractivity contribution in [2.24, 2.45) is 5.92 Å². The summed E-state index contributed by atoms with van der Waals surface area (Å²) in [7, 11) is 0. The quantitative estimate of drug-likeness (QED) is 0.588. The molecule has 2 saturated heterocycles. The fourth-order valence-corrected chi connectivity index (χ4v) is 5.04. The van der Waals surface area contributed by atoms with E-state index in [9.17, 15) is 14.4 Å². The van der Waals surface area contributed by atoms with Gasteiger partial charge in [-0.3, -0.25) is 19.3 Å². The number of rotatable bonds is 5. The smallest absolute Gasteiger partial charge is 0.294 e. The van der Waals surface area contributed by atoms with Crippen molar-refractivity contribution in [2.75, 3.05) is 19.6 Å². The molecule has 0 unspecified atom stereocenters. The van der Waals surface area contributed by atoms with Gasteiger partial charge in [0, 0.05) is 24.1 Å². The minimum Gasteiger partial charge on any atom is -0.450 e. The van der Waals surface area contributed by atoms with E-state index in [4.69, 9.17) is 4.42 Å². The normalized spacial score (nSPS) is 19.0. The molecule has 3 amide bonds. The Bertz CT molecular complexity index is 1020. The molecule has 6 nitrogen and oxygen atoms in total. The van der Waals surface area contributed by atoms with Gasteiger partial charge in [0.05, 0.1) is 4.91 Å². The zero-order valence-electron chi connectivity index (χ0n) is 17.5. The van der Waals surface area contributed by atoms with E-state index >= 15 is 0 Å². The summed E-state index contributed by atoms with van der Waals surface area (Å²) in [6.07, 6.45) is 3.47. The zero-order valence-corrected chi connectivity index (χ0v) is 19.1. The average Bonchev–Trinajstić information content (AvgIpc) is 3.29. The molecule has 0 radical (unpaired) electrons. The summed E-state index contributed by atoms with van der Waals surface area (Å²) in [5.41, 5.74) is 1.19. The number of carbonyl (C=O) groups excluding carboxylic acids is 3. The van der Waals surface area contributed by atoms with Crippen LogP contribution in [-0.2, 0) is 9.59 Å². The van der Waals surface area contributed by atoms with Crippen LogP contribution in [0.1, 0.15) is 31.1 Å². The third-order valence-corrected chi connectivity index (χ3v) is 7.25. The van der Waals surface area contributed by atoms with Crippen LogP contribution in [0.2, 0.25) is 0 Å². The van der Waals surface area contributed by atoms with Gasteiger partial charge in [-0.1, -0.05) is 36.4 Å². The number of aryl methyl sites for hydroxylation is 1. The van der Waals surface area contributed by atoms with Gasteiger partial charge in [0.25, 0.3) is 11.1 Å². The molecular weight excluding hydrogens is 432 g/mol. The van der Waals surface area contributed by atoms with Crippen molar-refractivity contribution >= 4 is 46.7 Å². The van der Waals surface area contributed by atoms with Crippen LogP contribution in [0.5, 0.6) is 0 Å². The van der Waals surface area contributed by atoms with Gasteiger partial charge < -0.3 is 9.32 Å². The summed E-state index contributed by atoms with van der Waals surface area (Å²) in [4.78, 5) is 41.7. The maximum atomic E-state index is 12.7. The monoisotopic (exact) mass is 456 g/mol. The van der Waals surface area contributed by atoms with Crippen LogP contribution in [0.25, 0.3) is 6.08 Å². The van der Waals surface area contributed by atoms with Crippen molar-refractivity contribution in [3.8, 4) is 0 Å². The Morgan fingerprint density at radius 3 is 2.58 bits per heavy atom. The molecule has 0 spiro atoms. The third-order valence-electron chi connectivity index (χ3n) is 5.42. The number of amides is 3. The Labute approximate surface area is 190 Å². The summed E-state index contributed by atoms with van der Waals surface area (Å²) in [5.74, 6) is 0.478. The number of piperidine rings is 1. The number of imide groups is 1. The highest BCUT2D eigenvalue weighted by molar-refractivity contribution is 8.18. The molecule has 2 aliphatic heterocycles. The summed E-state index contributed by atoms with van der Waals surface area (Å²) >= 11 is 2.33. The first-order valence-electron chi connectivity index (χ1n) is 10.3. The molecule has 3 heterocycles. The second-order valence-electron chi connectivity index (χ2n) is 7.90. The number of benzene rings is 1. The van der Waals surface area contributed by atoms with Crippen molar-refractivity contribution in [3.63, 3.8) is 0 Å². The molecule has 0 saturated carbocycles. The average molecular weight is 457 g/mol. The fourth-order valence-electron chi connectivity index (χ4n) is 3.45. The van der Waals surface area contributed by atoms with Gasteiger partial charge in [0.1, 0.15) is 12.3 Å². The van der Waals surface area contributed by atoms with Gasteiger partial charge in [-0.05, 0) is 61.7 Å². The van der Waals surface area contributed by atoms with Crippen molar-refractivity contribution in [2.45, 2.75) is 36.7 Å². The standard InChI is InChI=1S/C23H24N2O4S2/c1-15-3-6-18(7-4-15)30-21-8-5-17(29-21)13-19-22(27)25(23(28)31-19)14-20(26)24-11-9-16(2)10-12-24/h3-8,13,16H,9-12,14H2,1-2H3. The highest BCUT2D eigenvalue weighted by Crippen LogP contribution is 2.34. The Morgan fingerprint density at radius 1 is 1.16 bits per heavy atom. The third kappa shape index (κ3) is 5.25. The second-order valence-corrected chi connectivity index (χ2v) is 9.97. The van der Waals surface area contributed by atoms with Crippen LogP contribution in [0.15, 0.2) is 55.7 Å². The van der Waals surface area contributed by atoms with Gasteiger partial charge in [-0.15, -0.1) is 0 Å². The predicted octanol–water partition coefficient (Wildman–Crippen LogP) is 5.03. The van der Waals surface area contributed by atoms with E-state index in [2.05, 4.69) is 6.92 Å². The van der Waals surface area contributed by atoms with Crippen molar-refractivity contribution < 1.29 is 18.8 Å². The molecule has 0 atom stereocenters. The molecule has 1 aromatic heterocycles. The van der Waals surface area contributed by atoms with E-state index < -0.39 is 11.1 Å². The van der Waals surface area contributed by atoms with Gasteiger partial charge >= 0.3 is 0 Å². The SMILES string of the molecule is Cc1ccc(Sc2ccc(C=C3SC(=O)N(CC(=O)N4CCC(C)CC4)C3=O)o2)cc1. The Balaban J connectivity index is 1.39. The molecule has 2 aliphatic rings. The van der Waals surface area contributed by atoms with Crippen LogP contribution < -0.4 is 0 Å². The van der Waals surface area contributed by atoms with E-state index in [1.54, 1.807) is 17.0 Å². The van der Waals surface area contributed by atoms with E-state index in [1.165, 1.54) is 17.3 Å². The van der Waals surface area contributed by atoms with Gasteiger partial charge in [0.2, 0.25) is 5.91 Å². The highest BCUT2D eigenvalue weighted by atomic mass is 32.2. The van der Waals surface area contributed by atoms with Crippen LogP contribution in [0.4, 0.5) is 4.79 Å². The van der Waals surface area contributed by atoms with Gasteiger partial charge in [-0.25, -0.2) is 0 Å². The lowest BCUT2D eigenvalue weighted by Crippen LogP contribution is -2.45. The Morgan fingerprint density at radius 2 is 1.87 bits per heavy atom. The molecule has 31 heavy (non-hydrogen) atoms. The number of likely N-dealkylation sites (tertiary alicyclic amines) is 1. The molecule has 1 aromatic carbocycles. The number of nitrogens with zero attached hydrogens (tertiary/aromatic N) is 2. The molecular formula is C23H24N2O4S2. The van der Waals surface area contributed by atoms with Crippen molar-refractivity contribution in [1.29, 1.82) is 0 Å². The number of furan rings is 1. The topological polar surface area (TPSA) is 70.8 Å². The maximum absolute atomic E-state index is 12.7. The molecule has 0 bridgehead atoms. The molecule has 4 rings (SSSR count). The summed E-state index contributed by atoms with van der Waals surface area (Å²) in [6, 6.07) is 11.7. The molecule has 2 fully saturated rings. The number of carbonyl (C=O) groups is 3. The summed E-state index contributed by atoms with van der Waals surface area (Å²) < 4.78 is 5.80. The Kier molecular flexibility index (Phi) is 6.57. The lowest BCUT2D eigenvalue weighted by molar-refractivity contribution is -0.136. The Hall–Kier alpha value is -2.45. The zero-order chi connectivity index (χ0) is 22.0. The first-order valence-corrected chi connectivity index (χ1v) is 11.9. The molecule has 0 N–H and O–H groups in total. The highest BCUT2D eigenvalue weighted by Gasteiger charge is 2.37. The van der Waals surface area contributed by atoms with Gasteiger partial charge in [-0.2, -0.15) is 0 Å². The summed E-state index contributed by atoms with van der Waals surface area (Å²) in [6.45, 7) is 5.36. The molecule has 162 valence electrons. The van der Waals surface area contributed by atoms with E-state index in [-0.39, 0.29) is 17.4 Å². The van der Waals surface area contributed by atoms with E-state index in [0.717, 1.165) is 34.4 Å². The minimum atomic E-state index is -0.446. The molecule has 0 aliphatic carbocycles. The van der Waals surface area contributed by atoms with Crippen molar-refractivity contribution in [1.82, 2.24) is 9.80 Å². The molecule has 8 heteroatoms. The largest absolute Gasteiger partial charge is 0.450 e. The summed E-state index contributed by atoms with van der Waals surface area (Å²) in [5, 5.41) is 0.277. The van der Waals surface area contributed by atoms with Crippen LogP contribution in [0.3, 0.4) is 0 Å². The first kappa shape index (κ1) is 21.8. The minimum absolute atomic E-state index is 0.176. The van der Waals surface area contributed by atoms with Crippen LogP contribution in [0, 0.1) is 12.8 Å². The number of hydrogen-bond acceptors (Lipinski definition) is 6. The fraction of sp³-hybridized carbons (Fsp3) is 0.348. The van der Waals surface area contributed by atoms with E-state index in [0.29, 0.717) is 29.9 Å². The van der Waals surface area contributed by atoms with Gasteiger partial charge in [0.15, 0.2) is 5.09 Å². The van der Waals surface area contributed by atoms with Crippen LogP contribution >= 0.6 is 23.5 Å². The number of hydrogen-bond donors (Lipinski definition) is 0. The first-order chi connectivity index (χ1) is 14.9. The van der Waals surface area contributed by atoms with Crippen molar-refractivity contribution in [3.05, 3.63) is 52.6 Å². The van der Waals surface area contributed by atoms with E-state index in [1.807, 2.05) is 37.3 Å². The number of thioether (sulfide) groups is 1. The molecule has 2 aromatic rings.